The summed E-state index contributed by atoms with van der Waals surface area (Å²) in [7, 11) is 0. The number of nitrogens with zero attached hydrogens (tertiary/aromatic N) is 4. The van der Waals surface area contributed by atoms with E-state index in [9.17, 15) is 0 Å². The molecule has 4 nitrogen and oxygen atoms in total. The van der Waals surface area contributed by atoms with Crippen LogP contribution < -0.4 is 0 Å². The van der Waals surface area contributed by atoms with Gasteiger partial charge in [-0.1, -0.05) is 42.4 Å². The van der Waals surface area contributed by atoms with Gasteiger partial charge < -0.3 is 4.90 Å². The number of azide groups is 1. The molecule has 1 saturated heterocycles. The van der Waals surface area contributed by atoms with Crippen LogP contribution in [0.5, 0.6) is 0 Å². The first-order chi connectivity index (χ1) is 7.79. The Morgan fingerprint density at radius 3 is 2.75 bits per heavy atom. The molecule has 0 unspecified atom stereocenters. The quantitative estimate of drug-likeness (QED) is 0.433. The summed E-state index contributed by atoms with van der Waals surface area (Å²) < 4.78 is 0. The van der Waals surface area contributed by atoms with E-state index in [1.54, 1.807) is 0 Å². The summed E-state index contributed by atoms with van der Waals surface area (Å²) in [6, 6.07) is 10.7. The van der Waals surface area contributed by atoms with Gasteiger partial charge in [0.25, 0.3) is 0 Å². The number of rotatable bonds is 4. The van der Waals surface area contributed by atoms with Crippen molar-refractivity contribution in [2.45, 2.75) is 18.9 Å². The summed E-state index contributed by atoms with van der Waals surface area (Å²) in [4.78, 5) is 5.16. The molecule has 1 fully saturated rings. The standard InChI is InChI=1S/C12H16N4/c1-10(11-5-3-2-4-6-11)7-16-8-12(9-16)14-15-13/h2-6,10,12H,7-9H2,1H3/t10-/m0/s1. The third kappa shape index (κ3) is 2.54. The van der Waals surface area contributed by atoms with Crippen LogP contribution in [0.3, 0.4) is 0 Å². The predicted octanol–water partition coefficient (Wildman–Crippen LogP) is 2.78. The molecule has 84 valence electrons. The minimum absolute atomic E-state index is 0.188. The molecule has 4 heteroatoms. The van der Waals surface area contributed by atoms with Crippen LogP contribution in [0.4, 0.5) is 0 Å². The summed E-state index contributed by atoms with van der Waals surface area (Å²) in [5.74, 6) is 0.535. The molecular weight excluding hydrogens is 200 g/mol. The lowest BCUT2D eigenvalue weighted by Crippen LogP contribution is -2.50. The summed E-state index contributed by atoms with van der Waals surface area (Å²) >= 11 is 0. The zero-order chi connectivity index (χ0) is 11.4. The molecule has 0 saturated carbocycles. The Morgan fingerprint density at radius 2 is 2.12 bits per heavy atom. The molecule has 0 bridgehead atoms. The Balaban J connectivity index is 1.82. The van der Waals surface area contributed by atoms with Crippen LogP contribution in [-0.2, 0) is 0 Å². The van der Waals surface area contributed by atoms with Crippen LogP contribution in [0.25, 0.3) is 10.4 Å². The van der Waals surface area contributed by atoms with Gasteiger partial charge in [0.1, 0.15) is 0 Å². The molecule has 0 aliphatic carbocycles. The van der Waals surface area contributed by atoms with Crippen molar-refractivity contribution in [1.29, 1.82) is 0 Å². The highest BCUT2D eigenvalue weighted by molar-refractivity contribution is 5.19. The molecule has 1 heterocycles. The van der Waals surface area contributed by atoms with Crippen LogP contribution in [-0.4, -0.2) is 30.6 Å². The Bertz CT molecular complexity index is 377. The lowest BCUT2D eigenvalue weighted by atomic mass is 9.98. The first-order valence-electron chi connectivity index (χ1n) is 5.61. The average molecular weight is 216 g/mol. The topological polar surface area (TPSA) is 52.0 Å². The normalized spacial score (nSPS) is 18.6. The first-order valence-corrected chi connectivity index (χ1v) is 5.61. The molecule has 0 amide bonds. The van der Waals surface area contributed by atoms with Crippen LogP contribution in [0.2, 0.25) is 0 Å². The molecule has 1 aromatic carbocycles. The monoisotopic (exact) mass is 216 g/mol. The van der Waals surface area contributed by atoms with E-state index in [-0.39, 0.29) is 6.04 Å². The average Bonchev–Trinajstić information content (AvgIpc) is 2.27. The summed E-state index contributed by atoms with van der Waals surface area (Å²) in [6.07, 6.45) is 0. The van der Waals surface area contributed by atoms with E-state index in [4.69, 9.17) is 5.53 Å². The van der Waals surface area contributed by atoms with Crippen molar-refractivity contribution in [3.8, 4) is 0 Å². The van der Waals surface area contributed by atoms with Gasteiger partial charge in [-0.15, -0.1) is 0 Å². The van der Waals surface area contributed by atoms with Gasteiger partial charge in [0.15, 0.2) is 0 Å². The summed E-state index contributed by atoms with van der Waals surface area (Å²) in [5, 5.41) is 3.70. The van der Waals surface area contributed by atoms with Crippen LogP contribution >= 0.6 is 0 Å². The highest BCUT2D eigenvalue weighted by Crippen LogP contribution is 2.20. The van der Waals surface area contributed by atoms with Crippen LogP contribution in [0.1, 0.15) is 18.4 Å². The number of hydrogen-bond donors (Lipinski definition) is 0. The second-order valence-corrected chi connectivity index (χ2v) is 4.39. The molecule has 1 aliphatic heterocycles. The lowest BCUT2D eigenvalue weighted by molar-refractivity contribution is 0.143. The van der Waals surface area contributed by atoms with Gasteiger partial charge >= 0.3 is 0 Å². The van der Waals surface area contributed by atoms with E-state index in [2.05, 4.69) is 46.1 Å². The van der Waals surface area contributed by atoms with Crippen molar-refractivity contribution in [3.05, 3.63) is 46.3 Å². The Kier molecular flexibility index (Phi) is 3.44. The van der Waals surface area contributed by atoms with Gasteiger partial charge in [0.2, 0.25) is 0 Å². The van der Waals surface area contributed by atoms with Crippen molar-refractivity contribution < 1.29 is 0 Å². The highest BCUT2D eigenvalue weighted by atomic mass is 15.3. The Morgan fingerprint density at radius 1 is 1.44 bits per heavy atom. The maximum absolute atomic E-state index is 8.29. The van der Waals surface area contributed by atoms with Crippen LogP contribution in [0.15, 0.2) is 35.4 Å². The second kappa shape index (κ2) is 5.01. The minimum atomic E-state index is 0.188. The number of benzene rings is 1. The van der Waals surface area contributed by atoms with Crippen molar-refractivity contribution >= 4 is 0 Å². The molecule has 2 rings (SSSR count). The molecule has 16 heavy (non-hydrogen) atoms. The second-order valence-electron chi connectivity index (χ2n) is 4.39. The minimum Gasteiger partial charge on any atom is -0.302 e. The van der Waals surface area contributed by atoms with E-state index in [1.165, 1.54) is 5.56 Å². The van der Waals surface area contributed by atoms with Gasteiger partial charge in [-0.05, 0) is 17.0 Å². The van der Waals surface area contributed by atoms with E-state index >= 15 is 0 Å². The van der Waals surface area contributed by atoms with Crippen molar-refractivity contribution in [3.63, 3.8) is 0 Å². The number of likely N-dealkylation sites (tertiary alicyclic amines) is 1. The molecule has 0 aromatic heterocycles. The van der Waals surface area contributed by atoms with E-state index < -0.39 is 0 Å². The van der Waals surface area contributed by atoms with Gasteiger partial charge in [-0.3, -0.25) is 0 Å². The number of hydrogen-bond acceptors (Lipinski definition) is 2. The van der Waals surface area contributed by atoms with Gasteiger partial charge in [-0.25, -0.2) is 0 Å². The third-order valence-electron chi connectivity index (χ3n) is 3.05. The molecule has 1 aliphatic rings. The highest BCUT2D eigenvalue weighted by Gasteiger charge is 2.26. The third-order valence-corrected chi connectivity index (χ3v) is 3.05. The van der Waals surface area contributed by atoms with Crippen LogP contribution in [0, 0.1) is 0 Å². The zero-order valence-corrected chi connectivity index (χ0v) is 9.45. The molecule has 0 spiro atoms. The maximum atomic E-state index is 8.29. The lowest BCUT2D eigenvalue weighted by Gasteiger charge is -2.38. The van der Waals surface area contributed by atoms with Crippen molar-refractivity contribution in [2.24, 2.45) is 5.11 Å². The summed E-state index contributed by atoms with van der Waals surface area (Å²) in [5.41, 5.74) is 9.66. The molecule has 0 radical (unpaired) electrons. The fraction of sp³-hybridized carbons (Fsp3) is 0.500. The van der Waals surface area contributed by atoms with Gasteiger partial charge in [0.05, 0.1) is 6.04 Å². The predicted molar refractivity (Wildman–Crippen MR) is 64.2 cm³/mol. The molecular formula is C12H16N4. The van der Waals surface area contributed by atoms with Crippen molar-refractivity contribution in [1.82, 2.24) is 4.90 Å². The zero-order valence-electron chi connectivity index (χ0n) is 9.45. The van der Waals surface area contributed by atoms with E-state index in [0.717, 1.165) is 19.6 Å². The van der Waals surface area contributed by atoms with Gasteiger partial charge in [0, 0.05) is 24.5 Å². The molecule has 1 atom stereocenters. The Labute approximate surface area is 95.5 Å². The molecule has 0 N–H and O–H groups in total. The molecule has 1 aromatic rings. The Hall–Kier alpha value is -1.51. The SMILES string of the molecule is C[C@@H](CN1CC(N=[N+]=[N-])C1)c1ccccc1. The fourth-order valence-electron chi connectivity index (χ4n) is 2.11. The van der Waals surface area contributed by atoms with Gasteiger partial charge in [-0.2, -0.15) is 0 Å². The van der Waals surface area contributed by atoms with E-state index in [1.807, 2.05) is 6.07 Å². The smallest absolute Gasteiger partial charge is 0.0628 e. The fourth-order valence-corrected chi connectivity index (χ4v) is 2.11. The first kappa shape index (κ1) is 11.0. The largest absolute Gasteiger partial charge is 0.302 e. The van der Waals surface area contributed by atoms with E-state index in [0.29, 0.717) is 5.92 Å². The van der Waals surface area contributed by atoms with Crippen molar-refractivity contribution in [2.75, 3.05) is 19.6 Å². The summed E-state index contributed by atoms with van der Waals surface area (Å²) in [6.45, 7) is 5.08. The maximum Gasteiger partial charge on any atom is 0.0628 e.